The van der Waals surface area contributed by atoms with Crippen molar-refractivity contribution >= 4 is 17.5 Å². The average molecular weight is 387 g/mol. The molecule has 1 aliphatic heterocycles. The van der Waals surface area contributed by atoms with Crippen LogP contribution in [0.3, 0.4) is 0 Å². The van der Waals surface area contributed by atoms with Crippen molar-refractivity contribution in [1.29, 1.82) is 0 Å². The lowest BCUT2D eigenvalue weighted by Gasteiger charge is -2.35. The first-order chi connectivity index (χ1) is 13.2. The first-order valence-electron chi connectivity index (χ1n) is 9.68. The SMILES string of the molecule is CCOc1cccc(C(=O)NC[C@@H](c2ccccc2Cl)N2CCCCC2)c1. The molecule has 2 aromatic carbocycles. The Morgan fingerprint density at radius 1 is 1.15 bits per heavy atom. The van der Waals surface area contributed by atoms with Gasteiger partial charge in [-0.1, -0.05) is 42.3 Å². The van der Waals surface area contributed by atoms with E-state index in [-0.39, 0.29) is 11.9 Å². The van der Waals surface area contributed by atoms with Gasteiger partial charge in [-0.2, -0.15) is 0 Å². The molecular formula is C22H27ClN2O2. The Morgan fingerprint density at radius 2 is 1.93 bits per heavy atom. The predicted molar refractivity (Wildman–Crippen MR) is 110 cm³/mol. The molecule has 1 aliphatic rings. The summed E-state index contributed by atoms with van der Waals surface area (Å²) >= 11 is 6.47. The standard InChI is InChI=1S/C22H27ClN2O2/c1-2-27-18-10-8-9-17(15-18)22(26)24-16-21(25-13-6-3-7-14-25)19-11-4-5-12-20(19)23/h4-5,8-12,15,21H,2-3,6-7,13-14,16H2,1H3,(H,24,26)/t21-/m0/s1. The number of nitrogens with one attached hydrogen (secondary N) is 1. The quantitative estimate of drug-likeness (QED) is 0.750. The summed E-state index contributed by atoms with van der Waals surface area (Å²) in [6.45, 7) is 5.10. The Labute approximate surface area is 166 Å². The predicted octanol–water partition coefficient (Wildman–Crippen LogP) is 4.70. The fourth-order valence-electron chi connectivity index (χ4n) is 3.60. The molecule has 5 heteroatoms. The molecule has 27 heavy (non-hydrogen) atoms. The number of nitrogens with zero attached hydrogens (tertiary/aromatic N) is 1. The molecule has 0 saturated carbocycles. The maximum Gasteiger partial charge on any atom is 0.251 e. The number of rotatable bonds is 7. The third kappa shape index (κ3) is 5.24. The van der Waals surface area contributed by atoms with Crippen molar-refractivity contribution < 1.29 is 9.53 Å². The van der Waals surface area contributed by atoms with Crippen LogP contribution in [0.1, 0.15) is 48.1 Å². The van der Waals surface area contributed by atoms with Crippen molar-refractivity contribution in [2.45, 2.75) is 32.2 Å². The van der Waals surface area contributed by atoms with Gasteiger partial charge >= 0.3 is 0 Å². The van der Waals surface area contributed by atoms with Crippen molar-refractivity contribution in [3.8, 4) is 5.75 Å². The van der Waals surface area contributed by atoms with E-state index in [0.29, 0.717) is 24.5 Å². The lowest BCUT2D eigenvalue weighted by Crippen LogP contribution is -2.40. The van der Waals surface area contributed by atoms with Gasteiger partial charge in [0.25, 0.3) is 5.91 Å². The van der Waals surface area contributed by atoms with E-state index >= 15 is 0 Å². The molecular weight excluding hydrogens is 360 g/mol. The third-order valence-corrected chi connectivity index (χ3v) is 5.30. The highest BCUT2D eigenvalue weighted by Crippen LogP contribution is 2.29. The van der Waals surface area contributed by atoms with Crippen LogP contribution >= 0.6 is 11.6 Å². The zero-order valence-corrected chi connectivity index (χ0v) is 16.5. The van der Waals surface area contributed by atoms with Crippen LogP contribution in [0.25, 0.3) is 0 Å². The highest BCUT2D eigenvalue weighted by molar-refractivity contribution is 6.31. The summed E-state index contributed by atoms with van der Waals surface area (Å²) in [7, 11) is 0. The summed E-state index contributed by atoms with van der Waals surface area (Å²) < 4.78 is 5.50. The summed E-state index contributed by atoms with van der Waals surface area (Å²) in [4.78, 5) is 15.1. The smallest absolute Gasteiger partial charge is 0.251 e. The summed E-state index contributed by atoms with van der Waals surface area (Å²) in [5, 5.41) is 3.85. The van der Waals surface area contributed by atoms with Crippen LogP contribution in [0.5, 0.6) is 5.75 Å². The fourth-order valence-corrected chi connectivity index (χ4v) is 3.86. The number of carbonyl (C=O) groups is 1. The van der Waals surface area contributed by atoms with Crippen LogP contribution in [0.2, 0.25) is 5.02 Å². The number of benzene rings is 2. The van der Waals surface area contributed by atoms with Gasteiger partial charge in [0.15, 0.2) is 0 Å². The second-order valence-corrected chi connectivity index (χ2v) is 7.21. The lowest BCUT2D eigenvalue weighted by molar-refractivity contribution is 0.0924. The maximum absolute atomic E-state index is 12.7. The third-order valence-electron chi connectivity index (χ3n) is 4.96. The topological polar surface area (TPSA) is 41.6 Å². The van der Waals surface area contributed by atoms with Crippen molar-refractivity contribution in [3.05, 3.63) is 64.7 Å². The number of carbonyl (C=O) groups excluding carboxylic acids is 1. The molecule has 1 N–H and O–H groups in total. The number of piperidine rings is 1. The second kappa shape index (κ2) is 9.77. The van der Waals surface area contributed by atoms with Crippen molar-refractivity contribution in [1.82, 2.24) is 10.2 Å². The Bertz CT molecular complexity index is 759. The molecule has 1 amide bonds. The normalized spacial score (nSPS) is 15.9. The van der Waals surface area contributed by atoms with Gasteiger partial charge in [0.2, 0.25) is 0 Å². The Hall–Kier alpha value is -2.04. The maximum atomic E-state index is 12.7. The largest absolute Gasteiger partial charge is 0.494 e. The Morgan fingerprint density at radius 3 is 2.67 bits per heavy atom. The molecule has 1 heterocycles. The molecule has 4 nitrogen and oxygen atoms in total. The van der Waals surface area contributed by atoms with Gasteiger partial charge in [-0.15, -0.1) is 0 Å². The minimum absolute atomic E-state index is 0.0815. The van der Waals surface area contributed by atoms with Crippen LogP contribution < -0.4 is 10.1 Å². The fraction of sp³-hybridized carbons (Fsp3) is 0.409. The van der Waals surface area contributed by atoms with E-state index in [1.807, 2.05) is 43.3 Å². The molecule has 144 valence electrons. The Kier molecular flexibility index (Phi) is 7.13. The van der Waals surface area contributed by atoms with E-state index < -0.39 is 0 Å². The number of halogens is 1. The van der Waals surface area contributed by atoms with E-state index in [0.717, 1.165) is 23.7 Å². The van der Waals surface area contributed by atoms with E-state index in [4.69, 9.17) is 16.3 Å². The van der Waals surface area contributed by atoms with Gasteiger partial charge in [-0.05, 0) is 62.7 Å². The van der Waals surface area contributed by atoms with Crippen LogP contribution in [0.15, 0.2) is 48.5 Å². The van der Waals surface area contributed by atoms with Gasteiger partial charge < -0.3 is 10.1 Å². The van der Waals surface area contributed by atoms with Crippen molar-refractivity contribution in [3.63, 3.8) is 0 Å². The molecule has 1 fully saturated rings. The summed E-state index contributed by atoms with van der Waals surface area (Å²) in [6, 6.07) is 15.3. The van der Waals surface area contributed by atoms with Gasteiger partial charge in [0.1, 0.15) is 5.75 Å². The van der Waals surface area contributed by atoms with Gasteiger partial charge in [-0.25, -0.2) is 0 Å². The number of ether oxygens (including phenoxy) is 1. The van der Waals surface area contributed by atoms with Crippen LogP contribution in [-0.4, -0.2) is 37.0 Å². The summed E-state index contributed by atoms with van der Waals surface area (Å²) in [5.41, 5.74) is 1.68. The van der Waals surface area contributed by atoms with Gasteiger partial charge in [0, 0.05) is 17.1 Å². The molecule has 0 unspecified atom stereocenters. The monoisotopic (exact) mass is 386 g/mol. The minimum atomic E-state index is -0.0920. The zero-order valence-electron chi connectivity index (χ0n) is 15.8. The summed E-state index contributed by atoms with van der Waals surface area (Å²) in [6.07, 6.45) is 3.64. The van der Waals surface area contributed by atoms with Crippen molar-refractivity contribution in [2.75, 3.05) is 26.2 Å². The molecule has 0 aliphatic carbocycles. The van der Waals surface area contributed by atoms with Crippen molar-refractivity contribution in [2.24, 2.45) is 0 Å². The van der Waals surface area contributed by atoms with Gasteiger partial charge in [0.05, 0.1) is 12.6 Å². The number of hydrogen-bond donors (Lipinski definition) is 1. The minimum Gasteiger partial charge on any atom is -0.494 e. The number of likely N-dealkylation sites (tertiary alicyclic amines) is 1. The molecule has 0 aromatic heterocycles. The molecule has 0 radical (unpaired) electrons. The number of amides is 1. The van der Waals surface area contributed by atoms with E-state index in [1.165, 1.54) is 19.3 Å². The molecule has 0 spiro atoms. The van der Waals surface area contributed by atoms with E-state index in [2.05, 4.69) is 16.3 Å². The molecule has 3 rings (SSSR count). The first kappa shape index (κ1) is 19.7. The molecule has 1 saturated heterocycles. The van der Waals surface area contributed by atoms with Crippen LogP contribution in [0.4, 0.5) is 0 Å². The van der Waals surface area contributed by atoms with Gasteiger partial charge in [-0.3, -0.25) is 9.69 Å². The average Bonchev–Trinajstić information content (AvgIpc) is 2.70. The zero-order chi connectivity index (χ0) is 19.1. The molecule has 1 atom stereocenters. The Balaban J connectivity index is 1.73. The lowest BCUT2D eigenvalue weighted by atomic mass is 10.0. The van der Waals surface area contributed by atoms with E-state index in [1.54, 1.807) is 6.07 Å². The second-order valence-electron chi connectivity index (χ2n) is 6.80. The molecule has 0 bridgehead atoms. The van der Waals surface area contributed by atoms with E-state index in [9.17, 15) is 4.79 Å². The van der Waals surface area contributed by atoms with Crippen LogP contribution in [-0.2, 0) is 0 Å². The first-order valence-corrected chi connectivity index (χ1v) is 10.1. The molecule has 2 aromatic rings. The number of hydrogen-bond acceptors (Lipinski definition) is 3. The van der Waals surface area contributed by atoms with Crippen LogP contribution in [0, 0.1) is 0 Å². The highest BCUT2D eigenvalue weighted by Gasteiger charge is 2.24. The highest BCUT2D eigenvalue weighted by atomic mass is 35.5. The summed E-state index contributed by atoms with van der Waals surface area (Å²) in [5.74, 6) is 0.620.